The van der Waals surface area contributed by atoms with Crippen molar-refractivity contribution in [3.05, 3.63) is 57.6 Å². The Morgan fingerprint density at radius 2 is 0.860 bits per heavy atom. The van der Waals surface area contributed by atoms with Crippen molar-refractivity contribution in [1.82, 2.24) is 10.9 Å². The van der Waals surface area contributed by atoms with Crippen LogP contribution in [0.1, 0.15) is 116 Å². The molecule has 2 aromatic rings. The zero-order chi connectivity index (χ0) is 33.0. The Kier molecular flexibility index (Phi) is 11.0. The molecule has 0 aliphatic carbocycles. The lowest BCUT2D eigenvalue weighted by Gasteiger charge is -2.27. The van der Waals surface area contributed by atoms with Gasteiger partial charge in [-0.3, -0.25) is 9.59 Å². The van der Waals surface area contributed by atoms with Crippen LogP contribution in [-0.4, -0.2) is 47.7 Å². The molecule has 0 radical (unpaired) electrons. The van der Waals surface area contributed by atoms with Crippen LogP contribution in [0.4, 0.5) is 0 Å². The molecule has 0 atom stereocenters. The molecule has 236 valence electrons. The molecule has 0 saturated carbocycles. The zero-order valence-corrected chi connectivity index (χ0v) is 27.9. The summed E-state index contributed by atoms with van der Waals surface area (Å²) in [6.45, 7) is 23.5. The lowest BCUT2D eigenvalue weighted by atomic mass is 9.78. The van der Waals surface area contributed by atoms with Crippen molar-refractivity contribution in [2.45, 2.75) is 105 Å². The van der Waals surface area contributed by atoms with E-state index in [1.807, 2.05) is 107 Å². The highest BCUT2D eigenvalue weighted by molar-refractivity contribution is 5.85. The third kappa shape index (κ3) is 10.2. The number of benzene rings is 2. The first-order valence-electron chi connectivity index (χ1n) is 14.5. The number of nitrogens with one attached hydrogen (secondary N) is 2. The van der Waals surface area contributed by atoms with Gasteiger partial charge in [-0.1, -0.05) is 83.1 Å². The fourth-order valence-corrected chi connectivity index (χ4v) is 4.41. The van der Waals surface area contributed by atoms with Crippen LogP contribution in [0.3, 0.4) is 0 Å². The monoisotopic (exact) mass is 594 g/mol. The van der Waals surface area contributed by atoms with Crippen LogP contribution in [0.15, 0.2) is 34.5 Å². The second-order valence-electron chi connectivity index (χ2n) is 15.0. The molecule has 0 unspecified atom stereocenters. The van der Waals surface area contributed by atoms with Crippen molar-refractivity contribution in [3.63, 3.8) is 0 Å². The molecule has 4 N–H and O–H groups in total. The van der Waals surface area contributed by atoms with Crippen LogP contribution < -0.4 is 10.9 Å². The zero-order valence-electron chi connectivity index (χ0n) is 27.9. The molecular formula is C34H50N4O5. The van der Waals surface area contributed by atoms with Gasteiger partial charge in [-0.25, -0.2) is 10.9 Å². The Morgan fingerprint density at radius 1 is 0.605 bits per heavy atom. The quantitative estimate of drug-likeness (QED) is 0.223. The van der Waals surface area contributed by atoms with Gasteiger partial charge in [-0.15, -0.1) is 0 Å². The maximum absolute atomic E-state index is 12.2. The van der Waals surface area contributed by atoms with E-state index in [1.54, 1.807) is 0 Å². The van der Waals surface area contributed by atoms with E-state index >= 15 is 0 Å². The highest BCUT2D eigenvalue weighted by Gasteiger charge is 2.27. The second-order valence-corrected chi connectivity index (χ2v) is 15.0. The van der Waals surface area contributed by atoms with Crippen molar-refractivity contribution in [3.8, 4) is 11.5 Å². The summed E-state index contributed by atoms with van der Waals surface area (Å²) < 4.78 is 5.21. The Balaban J connectivity index is 1.97. The van der Waals surface area contributed by atoms with Crippen molar-refractivity contribution >= 4 is 24.2 Å². The van der Waals surface area contributed by atoms with Gasteiger partial charge in [0.2, 0.25) is 0 Å². The smallest absolute Gasteiger partial charge is 0.266 e. The summed E-state index contributed by atoms with van der Waals surface area (Å²) >= 11 is 0. The molecule has 0 heterocycles. The normalized spacial score (nSPS) is 13.1. The number of carbonyl (C=O) groups excluding carboxylic acids is 2. The third-order valence-electron chi connectivity index (χ3n) is 6.77. The van der Waals surface area contributed by atoms with Crippen LogP contribution in [0.25, 0.3) is 0 Å². The highest BCUT2D eigenvalue weighted by Crippen LogP contribution is 2.40. The number of phenolic OH excluding ortho intramolecular Hbond substituents is 2. The van der Waals surface area contributed by atoms with Gasteiger partial charge in [0.1, 0.15) is 24.7 Å². The Hall–Kier alpha value is -3.72. The van der Waals surface area contributed by atoms with E-state index in [0.717, 1.165) is 33.4 Å². The number of nitrogens with zero attached hydrogens (tertiary/aromatic N) is 2. The summed E-state index contributed by atoms with van der Waals surface area (Å²) in [6, 6.07) is 7.42. The Bertz CT molecular complexity index is 1210. The van der Waals surface area contributed by atoms with Gasteiger partial charge in [-0.05, 0) is 57.1 Å². The first-order chi connectivity index (χ1) is 19.5. The standard InChI is InChI=1S/C34H50N4O5/c1-31(2,3)23-13-21(14-24(29(23)41)32(4,5)6)17-35-37-27(39)19-43-20-28(40)38-36-18-22-15-25(33(7,8)9)30(42)26(16-22)34(10,11)12/h13-18,41-42H,19-20H2,1-12H3,(H,37,39)(H,38,40)/b35-17-,36-18+. The number of ether oxygens (including phenoxy) is 1. The molecular weight excluding hydrogens is 544 g/mol. The van der Waals surface area contributed by atoms with Gasteiger partial charge in [0, 0.05) is 22.3 Å². The van der Waals surface area contributed by atoms with E-state index in [2.05, 4.69) is 21.1 Å². The predicted octanol–water partition coefficient (Wildman–Crippen LogP) is 5.90. The number of rotatable bonds is 8. The molecule has 0 spiro atoms. The Morgan fingerprint density at radius 3 is 1.09 bits per heavy atom. The van der Waals surface area contributed by atoms with E-state index in [4.69, 9.17) is 4.74 Å². The van der Waals surface area contributed by atoms with Crippen LogP contribution in [0, 0.1) is 0 Å². The first-order valence-corrected chi connectivity index (χ1v) is 14.5. The predicted molar refractivity (Wildman–Crippen MR) is 173 cm³/mol. The van der Waals surface area contributed by atoms with Gasteiger partial charge in [0.25, 0.3) is 11.8 Å². The second kappa shape index (κ2) is 13.3. The molecule has 0 saturated heterocycles. The number of aromatic hydroxyl groups is 2. The van der Waals surface area contributed by atoms with E-state index in [-0.39, 0.29) is 46.4 Å². The number of phenols is 2. The maximum atomic E-state index is 12.2. The summed E-state index contributed by atoms with van der Waals surface area (Å²) in [6.07, 6.45) is 3.03. The van der Waals surface area contributed by atoms with E-state index in [0.29, 0.717) is 0 Å². The molecule has 43 heavy (non-hydrogen) atoms. The van der Waals surface area contributed by atoms with Crippen LogP contribution >= 0.6 is 0 Å². The molecule has 2 amide bonds. The average molecular weight is 595 g/mol. The van der Waals surface area contributed by atoms with Gasteiger partial charge in [0.05, 0.1) is 12.4 Å². The SMILES string of the molecule is CC(C)(C)c1cc(/C=N\NC(=O)COCC(=O)N/N=C/c2cc(C(C)(C)C)c(O)c(C(C)(C)C)c2)cc(C(C)(C)C)c1O. The first kappa shape index (κ1) is 35.5. The minimum atomic E-state index is -0.521. The lowest BCUT2D eigenvalue weighted by Crippen LogP contribution is -2.28. The summed E-state index contributed by atoms with van der Waals surface area (Å²) in [5, 5.41) is 29.8. The molecule has 0 aromatic heterocycles. The van der Waals surface area contributed by atoms with Crippen LogP contribution in [0.5, 0.6) is 11.5 Å². The highest BCUT2D eigenvalue weighted by atomic mass is 16.5. The van der Waals surface area contributed by atoms with Crippen molar-refractivity contribution in [2.75, 3.05) is 13.2 Å². The van der Waals surface area contributed by atoms with Crippen LogP contribution in [0.2, 0.25) is 0 Å². The topological polar surface area (TPSA) is 133 Å². The van der Waals surface area contributed by atoms with Crippen molar-refractivity contribution in [1.29, 1.82) is 0 Å². The molecule has 9 nitrogen and oxygen atoms in total. The van der Waals surface area contributed by atoms with E-state index in [1.165, 1.54) is 12.4 Å². The molecule has 2 rings (SSSR count). The fourth-order valence-electron chi connectivity index (χ4n) is 4.41. The third-order valence-corrected chi connectivity index (χ3v) is 6.77. The molecule has 0 aliphatic rings. The minimum Gasteiger partial charge on any atom is -0.507 e. The molecule has 2 aromatic carbocycles. The largest absolute Gasteiger partial charge is 0.507 e. The minimum absolute atomic E-state index is 0.268. The van der Waals surface area contributed by atoms with Gasteiger partial charge >= 0.3 is 0 Å². The molecule has 0 aliphatic heterocycles. The average Bonchev–Trinajstić information content (AvgIpc) is 2.82. The Labute approximate surface area is 256 Å². The summed E-state index contributed by atoms with van der Waals surface area (Å²) in [5.41, 5.74) is 8.30. The van der Waals surface area contributed by atoms with Gasteiger partial charge < -0.3 is 14.9 Å². The van der Waals surface area contributed by atoms with E-state index < -0.39 is 11.8 Å². The fraction of sp³-hybridized carbons (Fsp3) is 0.529. The van der Waals surface area contributed by atoms with Gasteiger partial charge in [0.15, 0.2) is 0 Å². The lowest BCUT2D eigenvalue weighted by molar-refractivity contribution is -0.130. The number of hydrazone groups is 2. The maximum Gasteiger partial charge on any atom is 0.266 e. The molecule has 0 bridgehead atoms. The number of carbonyl (C=O) groups is 2. The summed E-state index contributed by atoms with van der Waals surface area (Å²) in [7, 11) is 0. The number of hydrogen-bond donors (Lipinski definition) is 4. The van der Waals surface area contributed by atoms with Crippen LogP contribution in [-0.2, 0) is 36.0 Å². The van der Waals surface area contributed by atoms with E-state index in [9.17, 15) is 19.8 Å². The van der Waals surface area contributed by atoms with Gasteiger partial charge in [-0.2, -0.15) is 10.2 Å². The summed E-state index contributed by atoms with van der Waals surface area (Å²) in [4.78, 5) is 24.4. The molecule has 9 heteroatoms. The molecule has 0 fully saturated rings. The van der Waals surface area contributed by atoms with Crippen molar-refractivity contribution < 1.29 is 24.5 Å². The number of hydrogen-bond acceptors (Lipinski definition) is 7. The number of amides is 2. The summed E-state index contributed by atoms with van der Waals surface area (Å²) in [5.74, 6) is -0.506. The van der Waals surface area contributed by atoms with Crippen molar-refractivity contribution in [2.24, 2.45) is 10.2 Å².